The van der Waals surface area contributed by atoms with Gasteiger partial charge >= 0.3 is 0 Å². The summed E-state index contributed by atoms with van der Waals surface area (Å²) in [7, 11) is 1.78. The molecule has 1 amide bonds. The number of hydrogen-bond donors (Lipinski definition) is 2. The summed E-state index contributed by atoms with van der Waals surface area (Å²) in [5.74, 6) is 2.07. The van der Waals surface area contributed by atoms with Gasteiger partial charge in [0.15, 0.2) is 0 Å². The summed E-state index contributed by atoms with van der Waals surface area (Å²) in [6.45, 7) is 2.36. The van der Waals surface area contributed by atoms with E-state index in [1.807, 2.05) is 30.3 Å². The third-order valence-electron chi connectivity index (χ3n) is 6.73. The largest absolute Gasteiger partial charge is 0.383 e. The Morgan fingerprint density at radius 2 is 2.00 bits per heavy atom. The summed E-state index contributed by atoms with van der Waals surface area (Å²) >= 11 is 0. The molecule has 2 unspecified atom stereocenters. The van der Waals surface area contributed by atoms with Crippen LogP contribution in [0.1, 0.15) is 32.1 Å². The highest BCUT2D eigenvalue weighted by Crippen LogP contribution is 2.38. The molecule has 4 aliphatic rings. The topological polar surface area (TPSA) is 95.5 Å². The Labute approximate surface area is 182 Å². The van der Waals surface area contributed by atoms with Gasteiger partial charge in [-0.1, -0.05) is 18.2 Å². The molecule has 5 rings (SSSR count). The second-order valence-corrected chi connectivity index (χ2v) is 8.72. The molecule has 2 atom stereocenters. The van der Waals surface area contributed by atoms with Gasteiger partial charge in [0.1, 0.15) is 17.2 Å². The van der Waals surface area contributed by atoms with Crippen LogP contribution < -0.4 is 11.1 Å². The van der Waals surface area contributed by atoms with E-state index in [0.717, 1.165) is 69.3 Å². The molecule has 0 aromatic heterocycles. The number of amidine groups is 1. The number of carbonyl (C=O) groups excluding carboxylic acids is 1. The Morgan fingerprint density at radius 3 is 2.77 bits per heavy atom. The van der Waals surface area contributed by atoms with E-state index in [2.05, 4.69) is 15.2 Å². The summed E-state index contributed by atoms with van der Waals surface area (Å²) in [6.07, 6.45) is 5.30. The monoisotopic (exact) mass is 422 g/mol. The van der Waals surface area contributed by atoms with Crippen molar-refractivity contribution in [2.45, 2.75) is 44.2 Å². The predicted octanol–water partition coefficient (Wildman–Crippen LogP) is 1.97. The number of guanidine groups is 1. The average molecular weight is 423 g/mol. The van der Waals surface area contributed by atoms with Crippen LogP contribution in [0.25, 0.3) is 0 Å². The summed E-state index contributed by atoms with van der Waals surface area (Å²) in [5, 5.41) is 3.60. The molecule has 3 heterocycles. The maximum absolute atomic E-state index is 13.4. The van der Waals surface area contributed by atoms with E-state index in [1.54, 1.807) is 11.9 Å². The number of likely N-dealkylation sites (N-methyl/N-ethyl adjacent to an activating group) is 1. The van der Waals surface area contributed by atoms with Gasteiger partial charge in [-0.25, -0.2) is 9.98 Å². The minimum absolute atomic E-state index is 0.165. The van der Waals surface area contributed by atoms with Gasteiger partial charge in [0.05, 0.1) is 17.8 Å². The second-order valence-electron chi connectivity index (χ2n) is 8.72. The zero-order valence-electron chi connectivity index (χ0n) is 18.0. The first kappa shape index (κ1) is 20.1. The van der Waals surface area contributed by atoms with Crippen molar-refractivity contribution < 1.29 is 9.53 Å². The third-order valence-corrected chi connectivity index (χ3v) is 6.73. The van der Waals surface area contributed by atoms with E-state index in [9.17, 15) is 4.79 Å². The molecule has 0 spiro atoms. The van der Waals surface area contributed by atoms with Crippen LogP contribution >= 0.6 is 0 Å². The number of fused-ring (bicyclic) bond motifs is 3. The molecule has 2 fully saturated rings. The van der Waals surface area contributed by atoms with Crippen molar-refractivity contribution in [1.82, 2.24) is 15.1 Å². The molecule has 1 saturated heterocycles. The highest BCUT2D eigenvalue weighted by atomic mass is 16.5. The van der Waals surface area contributed by atoms with Crippen molar-refractivity contribution in [3.05, 3.63) is 41.7 Å². The van der Waals surface area contributed by atoms with Crippen molar-refractivity contribution in [1.29, 1.82) is 0 Å². The van der Waals surface area contributed by atoms with Crippen LogP contribution in [0.5, 0.6) is 0 Å². The van der Waals surface area contributed by atoms with Crippen LogP contribution in [0.3, 0.4) is 0 Å². The van der Waals surface area contributed by atoms with Crippen LogP contribution in [0.15, 0.2) is 51.7 Å². The quantitative estimate of drug-likeness (QED) is 0.559. The molecule has 3 N–H and O–H groups in total. The average Bonchev–Trinajstić information content (AvgIpc) is 3.38. The first-order valence-electron chi connectivity index (χ1n) is 11.2. The van der Waals surface area contributed by atoms with Crippen molar-refractivity contribution in [3.8, 4) is 0 Å². The number of benzene rings is 1. The Kier molecular flexibility index (Phi) is 5.40. The smallest absolute Gasteiger partial charge is 0.267 e. The van der Waals surface area contributed by atoms with Crippen LogP contribution in [-0.4, -0.2) is 66.4 Å². The summed E-state index contributed by atoms with van der Waals surface area (Å²) < 4.78 is 5.51. The highest BCUT2D eigenvalue weighted by Gasteiger charge is 2.48. The summed E-state index contributed by atoms with van der Waals surface area (Å²) in [6, 6.07) is 10.0. The van der Waals surface area contributed by atoms with E-state index >= 15 is 0 Å². The van der Waals surface area contributed by atoms with Crippen molar-refractivity contribution in [2.24, 2.45) is 21.6 Å². The van der Waals surface area contributed by atoms with Crippen LogP contribution in [-0.2, 0) is 9.53 Å². The molecule has 1 saturated carbocycles. The van der Waals surface area contributed by atoms with Crippen molar-refractivity contribution in [3.63, 3.8) is 0 Å². The maximum atomic E-state index is 13.4. The van der Waals surface area contributed by atoms with Crippen molar-refractivity contribution in [2.75, 3.05) is 26.8 Å². The number of para-hydroxylation sites is 1. The van der Waals surface area contributed by atoms with Gasteiger partial charge in [0.2, 0.25) is 5.96 Å². The number of nitrogens with two attached hydrogens (primary N) is 1. The molecule has 1 aliphatic carbocycles. The van der Waals surface area contributed by atoms with E-state index < -0.39 is 0 Å². The SMILES string of the molecule is CN1C(=O)C(C(N)=Nc2ccccc2)=C(NCC2CCOCC2)N2C1=NC1CCCC12. The predicted molar refractivity (Wildman–Crippen MR) is 120 cm³/mol. The molecule has 164 valence electrons. The Bertz CT molecular complexity index is 935. The molecule has 3 aliphatic heterocycles. The number of amides is 1. The minimum atomic E-state index is -0.165. The molecule has 8 heteroatoms. The number of nitrogens with one attached hydrogen (secondary N) is 1. The number of carbonyl (C=O) groups is 1. The molecule has 0 bridgehead atoms. The summed E-state index contributed by atoms with van der Waals surface area (Å²) in [5.41, 5.74) is 7.63. The fraction of sp³-hybridized carbons (Fsp3) is 0.522. The second kappa shape index (κ2) is 8.34. The van der Waals surface area contributed by atoms with Gasteiger partial charge < -0.3 is 15.8 Å². The van der Waals surface area contributed by atoms with Gasteiger partial charge in [-0.15, -0.1) is 0 Å². The Hall–Kier alpha value is -2.87. The fourth-order valence-corrected chi connectivity index (χ4v) is 5.02. The number of aliphatic imine (C=N–C) groups is 2. The van der Waals surface area contributed by atoms with E-state index in [0.29, 0.717) is 11.5 Å². The molecule has 31 heavy (non-hydrogen) atoms. The first-order valence-corrected chi connectivity index (χ1v) is 11.2. The van der Waals surface area contributed by atoms with Crippen LogP contribution in [0, 0.1) is 5.92 Å². The fourth-order valence-electron chi connectivity index (χ4n) is 5.02. The lowest BCUT2D eigenvalue weighted by Crippen LogP contribution is -2.56. The van der Waals surface area contributed by atoms with E-state index in [1.165, 1.54) is 0 Å². The molecule has 1 aromatic carbocycles. The highest BCUT2D eigenvalue weighted by molar-refractivity contribution is 6.26. The van der Waals surface area contributed by atoms with Gasteiger partial charge in [0, 0.05) is 26.8 Å². The standard InChI is InChI=1S/C23H30N6O2/c1-28-22(30)19(20(24)26-16-6-3-2-4-7-16)21(25-14-15-10-12-31-13-11-15)29-18-9-5-8-17(18)27-23(28)29/h2-4,6-7,15,17-18,25H,5,8-14H2,1H3,(H2,24,26). The molecular weight excluding hydrogens is 392 g/mol. The molecular formula is C23H30N6O2. The van der Waals surface area contributed by atoms with Gasteiger partial charge in [-0.3, -0.25) is 14.6 Å². The first-order chi connectivity index (χ1) is 15.1. The molecule has 8 nitrogen and oxygen atoms in total. The van der Waals surface area contributed by atoms with Gasteiger partial charge in [-0.2, -0.15) is 0 Å². The van der Waals surface area contributed by atoms with E-state index in [-0.39, 0.29) is 23.8 Å². The van der Waals surface area contributed by atoms with Gasteiger partial charge in [-0.05, 0) is 50.2 Å². The maximum Gasteiger partial charge on any atom is 0.267 e. The lowest BCUT2D eigenvalue weighted by atomic mass is 10.00. The van der Waals surface area contributed by atoms with Gasteiger partial charge in [0.25, 0.3) is 5.91 Å². The lowest BCUT2D eigenvalue weighted by molar-refractivity contribution is -0.123. The lowest BCUT2D eigenvalue weighted by Gasteiger charge is -2.39. The number of ether oxygens (including phenoxy) is 1. The molecule has 1 aromatic rings. The Morgan fingerprint density at radius 1 is 1.23 bits per heavy atom. The Balaban J connectivity index is 1.54. The van der Waals surface area contributed by atoms with E-state index in [4.69, 9.17) is 15.5 Å². The zero-order chi connectivity index (χ0) is 21.4. The molecule has 0 radical (unpaired) electrons. The summed E-state index contributed by atoms with van der Waals surface area (Å²) in [4.78, 5) is 26.7. The minimum Gasteiger partial charge on any atom is -0.383 e. The number of rotatable bonds is 5. The number of hydrogen-bond acceptors (Lipinski definition) is 6. The van der Waals surface area contributed by atoms with Crippen molar-refractivity contribution >= 4 is 23.4 Å². The number of nitrogens with zero attached hydrogens (tertiary/aromatic N) is 4. The normalized spacial score (nSPS) is 26.8. The third kappa shape index (κ3) is 3.69. The van der Waals surface area contributed by atoms with Crippen LogP contribution in [0.4, 0.5) is 5.69 Å². The zero-order valence-corrected chi connectivity index (χ0v) is 18.0. The van der Waals surface area contributed by atoms with Crippen LogP contribution in [0.2, 0.25) is 0 Å².